The molecule has 3 aromatic rings. The van der Waals surface area contributed by atoms with Crippen LogP contribution in [0.2, 0.25) is 0 Å². The van der Waals surface area contributed by atoms with Crippen LogP contribution in [-0.4, -0.2) is 59.3 Å². The zero-order valence-corrected chi connectivity index (χ0v) is 20.8. The number of benzene rings is 1. The van der Waals surface area contributed by atoms with E-state index in [1.807, 2.05) is 6.92 Å². The summed E-state index contributed by atoms with van der Waals surface area (Å²) in [7, 11) is -3.95. The maximum absolute atomic E-state index is 13.3. The highest BCUT2D eigenvalue weighted by Gasteiger charge is 2.42. The number of hydrogen-bond donors (Lipinski definition) is 2. The van der Waals surface area contributed by atoms with Gasteiger partial charge in [-0.3, -0.25) is 0 Å². The third kappa shape index (κ3) is 4.00. The third-order valence-corrected chi connectivity index (χ3v) is 9.57. The quantitative estimate of drug-likeness (QED) is 0.491. The van der Waals surface area contributed by atoms with Crippen molar-refractivity contribution in [2.45, 2.75) is 61.6 Å². The molecule has 36 heavy (non-hydrogen) atoms. The number of nitriles is 1. The van der Waals surface area contributed by atoms with Crippen LogP contribution in [0, 0.1) is 11.3 Å². The molecule has 3 aliphatic rings. The van der Waals surface area contributed by atoms with Crippen molar-refractivity contribution in [3.63, 3.8) is 0 Å². The van der Waals surface area contributed by atoms with Crippen LogP contribution in [0.15, 0.2) is 17.0 Å². The van der Waals surface area contributed by atoms with Gasteiger partial charge in [0.2, 0.25) is 16.0 Å². The smallest absolute Gasteiger partial charge is 0.291 e. The molecule has 2 aromatic heterocycles. The number of alkyl halides is 2. The molecular weight excluding hydrogens is 510 g/mol. The Kier molecular flexibility index (Phi) is 5.45. The van der Waals surface area contributed by atoms with E-state index in [4.69, 9.17) is 9.97 Å². The Morgan fingerprint density at radius 1 is 1.22 bits per heavy atom. The van der Waals surface area contributed by atoms with E-state index in [-0.39, 0.29) is 44.1 Å². The molecule has 3 fully saturated rings. The highest BCUT2D eigenvalue weighted by Crippen LogP contribution is 2.39. The van der Waals surface area contributed by atoms with Crippen molar-refractivity contribution in [1.29, 1.82) is 5.26 Å². The van der Waals surface area contributed by atoms with Gasteiger partial charge in [0, 0.05) is 36.1 Å². The van der Waals surface area contributed by atoms with Crippen molar-refractivity contribution in [3.05, 3.63) is 22.7 Å². The molecule has 0 spiro atoms. The first-order chi connectivity index (χ1) is 17.2. The van der Waals surface area contributed by atoms with E-state index in [0.29, 0.717) is 17.3 Å². The van der Waals surface area contributed by atoms with Gasteiger partial charge in [0.25, 0.3) is 6.43 Å². The summed E-state index contributed by atoms with van der Waals surface area (Å²) in [4.78, 5) is 11.4. The van der Waals surface area contributed by atoms with Crippen LogP contribution in [0.4, 0.5) is 14.7 Å². The molecule has 0 radical (unpaired) electrons. The SMILES string of the molecule is CC1(NS(=O)(=O)c2cc(C#N)c3nc(N4C5CCC4CNC5)nc(-c4nnc(C(F)F)s4)c3c2)CC1. The molecule has 2 unspecified atom stereocenters. The lowest BCUT2D eigenvalue weighted by Crippen LogP contribution is -2.52. The summed E-state index contributed by atoms with van der Waals surface area (Å²) in [5, 5.41) is 20.8. The fourth-order valence-corrected chi connectivity index (χ4v) is 7.13. The number of sulfonamides is 1. The van der Waals surface area contributed by atoms with Crippen molar-refractivity contribution in [2.24, 2.45) is 0 Å². The van der Waals surface area contributed by atoms with Gasteiger partial charge < -0.3 is 10.2 Å². The maximum atomic E-state index is 13.3. The fourth-order valence-electron chi connectivity index (χ4n) is 4.91. The van der Waals surface area contributed by atoms with Crippen LogP contribution in [0.1, 0.15) is 49.6 Å². The first-order valence-corrected chi connectivity index (χ1v) is 13.9. The zero-order valence-electron chi connectivity index (χ0n) is 19.2. The first-order valence-electron chi connectivity index (χ1n) is 11.6. The summed E-state index contributed by atoms with van der Waals surface area (Å²) in [5.41, 5.74) is -0.0272. The van der Waals surface area contributed by atoms with E-state index in [9.17, 15) is 22.5 Å². The summed E-state index contributed by atoms with van der Waals surface area (Å²) >= 11 is 0.687. The number of rotatable bonds is 6. The highest BCUT2D eigenvalue weighted by molar-refractivity contribution is 7.89. The molecule has 2 atom stereocenters. The van der Waals surface area contributed by atoms with E-state index in [1.54, 1.807) is 0 Å². The van der Waals surface area contributed by atoms with E-state index in [1.165, 1.54) is 12.1 Å². The van der Waals surface area contributed by atoms with E-state index in [0.717, 1.165) is 38.8 Å². The zero-order chi connectivity index (χ0) is 25.2. The maximum Gasteiger partial charge on any atom is 0.291 e. The molecule has 4 heterocycles. The van der Waals surface area contributed by atoms with Crippen LogP contribution in [-0.2, 0) is 10.0 Å². The van der Waals surface area contributed by atoms with Gasteiger partial charge in [0.1, 0.15) is 11.8 Å². The molecule has 1 saturated carbocycles. The second kappa shape index (κ2) is 8.34. The van der Waals surface area contributed by atoms with Crippen molar-refractivity contribution in [3.8, 4) is 16.8 Å². The van der Waals surface area contributed by atoms with Crippen LogP contribution < -0.4 is 14.9 Å². The molecule has 2 bridgehead atoms. The van der Waals surface area contributed by atoms with Gasteiger partial charge in [0.15, 0.2) is 10.0 Å². The number of hydrogen-bond acceptors (Lipinski definition) is 10. The van der Waals surface area contributed by atoms with Crippen LogP contribution in [0.3, 0.4) is 0 Å². The Labute approximate surface area is 209 Å². The van der Waals surface area contributed by atoms with Gasteiger partial charge in [0.05, 0.1) is 16.0 Å². The fraction of sp³-hybridized carbons (Fsp3) is 0.500. The molecule has 6 rings (SSSR count). The molecule has 0 amide bonds. The summed E-state index contributed by atoms with van der Waals surface area (Å²) < 4.78 is 55.6. The molecular formula is C22H22F2N8O2S2. The largest absolute Gasteiger partial charge is 0.332 e. The number of nitrogens with one attached hydrogen (secondary N) is 2. The summed E-state index contributed by atoms with van der Waals surface area (Å²) in [6, 6.07) is 5.07. The van der Waals surface area contributed by atoms with Crippen LogP contribution in [0.5, 0.6) is 0 Å². The van der Waals surface area contributed by atoms with Gasteiger partial charge in [-0.25, -0.2) is 31.9 Å². The minimum Gasteiger partial charge on any atom is -0.332 e. The third-order valence-electron chi connectivity index (χ3n) is 7.01. The molecule has 14 heteroatoms. The monoisotopic (exact) mass is 532 g/mol. The van der Waals surface area contributed by atoms with Crippen molar-refractivity contribution >= 4 is 38.2 Å². The van der Waals surface area contributed by atoms with Gasteiger partial charge in [-0.1, -0.05) is 11.3 Å². The van der Waals surface area contributed by atoms with E-state index < -0.39 is 27.0 Å². The summed E-state index contributed by atoms with van der Waals surface area (Å²) in [6.07, 6.45) is 0.542. The van der Waals surface area contributed by atoms with Crippen molar-refractivity contribution < 1.29 is 17.2 Å². The Balaban J connectivity index is 1.57. The summed E-state index contributed by atoms with van der Waals surface area (Å²) in [6.45, 7) is 3.33. The van der Waals surface area contributed by atoms with E-state index >= 15 is 0 Å². The topological polar surface area (TPSA) is 137 Å². The lowest BCUT2D eigenvalue weighted by molar-refractivity contribution is 0.150. The van der Waals surface area contributed by atoms with Gasteiger partial charge in [-0.15, -0.1) is 10.2 Å². The van der Waals surface area contributed by atoms with Gasteiger partial charge in [-0.05, 0) is 44.7 Å². The number of piperazine rings is 1. The molecule has 10 nitrogen and oxygen atoms in total. The lowest BCUT2D eigenvalue weighted by atomic mass is 10.1. The first kappa shape index (κ1) is 23.5. The molecule has 2 saturated heterocycles. The number of aromatic nitrogens is 4. The van der Waals surface area contributed by atoms with Crippen molar-refractivity contribution in [2.75, 3.05) is 18.0 Å². The Morgan fingerprint density at radius 2 is 1.94 bits per heavy atom. The predicted molar refractivity (Wildman–Crippen MR) is 128 cm³/mol. The van der Waals surface area contributed by atoms with Gasteiger partial charge >= 0.3 is 0 Å². The average Bonchev–Trinajstić information content (AvgIpc) is 3.25. The molecule has 1 aromatic carbocycles. The van der Waals surface area contributed by atoms with Gasteiger partial charge in [-0.2, -0.15) is 5.26 Å². The minimum absolute atomic E-state index is 0.0554. The van der Waals surface area contributed by atoms with Crippen LogP contribution in [0.25, 0.3) is 21.6 Å². The number of anilines is 1. The molecule has 2 aliphatic heterocycles. The van der Waals surface area contributed by atoms with E-state index in [2.05, 4.69) is 31.2 Å². The molecule has 188 valence electrons. The molecule has 2 N–H and O–H groups in total. The standard InChI is InChI=1S/C22H22F2N8O2S2/c1-22(4-5-22)31-36(33,34)14-6-11(8-25)16-15(7-14)17(19-29-30-20(35-19)18(23)24)28-21(27-16)32-12-2-3-13(32)10-26-9-12/h6-7,12-13,18,26,31H,2-5,9-10H2,1H3. The number of nitrogens with zero attached hydrogens (tertiary/aromatic N) is 6. The Bertz CT molecular complexity index is 1500. The highest BCUT2D eigenvalue weighted by atomic mass is 32.2. The Hall–Kier alpha value is -2.86. The average molecular weight is 533 g/mol. The number of fused-ring (bicyclic) bond motifs is 3. The second-order valence-corrected chi connectivity index (χ2v) is 12.4. The van der Waals surface area contributed by atoms with Crippen molar-refractivity contribution in [1.82, 2.24) is 30.2 Å². The number of halogens is 2. The second-order valence-electron chi connectivity index (χ2n) is 9.71. The minimum atomic E-state index is -3.95. The summed E-state index contributed by atoms with van der Waals surface area (Å²) in [5.74, 6) is 0.371. The molecule has 1 aliphatic carbocycles. The lowest BCUT2D eigenvalue weighted by Gasteiger charge is -2.35. The Morgan fingerprint density at radius 3 is 2.56 bits per heavy atom. The normalized spacial score (nSPS) is 22.8. The predicted octanol–water partition coefficient (Wildman–Crippen LogP) is 2.73. The van der Waals surface area contributed by atoms with Crippen LogP contribution >= 0.6 is 11.3 Å².